The van der Waals surface area contributed by atoms with E-state index in [0.717, 1.165) is 42.5 Å². The number of nitrogens with one attached hydrogen (secondary N) is 1. The van der Waals surface area contributed by atoms with Gasteiger partial charge in [-0.05, 0) is 66.2 Å². The Kier molecular flexibility index (Phi) is 8.46. The maximum Gasteiger partial charge on any atom is 0.259 e. The van der Waals surface area contributed by atoms with Gasteiger partial charge in [-0.1, -0.05) is 53.7 Å². The third-order valence-corrected chi connectivity index (χ3v) is 9.15. The van der Waals surface area contributed by atoms with Crippen LogP contribution in [0.15, 0.2) is 101 Å². The molecule has 0 bridgehead atoms. The molecule has 0 unspecified atom stereocenters. The van der Waals surface area contributed by atoms with Crippen LogP contribution in [0.2, 0.25) is 5.02 Å². The van der Waals surface area contributed by atoms with Gasteiger partial charge >= 0.3 is 0 Å². The Morgan fingerprint density at radius 3 is 2.45 bits per heavy atom. The van der Waals surface area contributed by atoms with Crippen molar-refractivity contribution in [3.05, 3.63) is 119 Å². The van der Waals surface area contributed by atoms with Crippen LogP contribution in [-0.2, 0) is 6.54 Å². The number of nitrogens with zero attached hydrogens (tertiary/aromatic N) is 3. The summed E-state index contributed by atoms with van der Waals surface area (Å²) in [5.41, 5.74) is 3.32. The Morgan fingerprint density at radius 2 is 1.64 bits per heavy atom. The largest absolute Gasteiger partial charge is 0.369 e. The summed E-state index contributed by atoms with van der Waals surface area (Å²) in [4.78, 5) is 35.0. The summed E-state index contributed by atoms with van der Waals surface area (Å²) in [5, 5.41) is 3.42. The smallest absolute Gasteiger partial charge is 0.259 e. The first-order valence-corrected chi connectivity index (χ1v) is 15.1. The maximum absolute atomic E-state index is 14.1. The fraction of sp³-hybridized carbons (Fsp3) is 0.212. The van der Waals surface area contributed by atoms with Crippen molar-refractivity contribution in [1.29, 1.82) is 0 Å². The Labute approximate surface area is 254 Å². The van der Waals surface area contributed by atoms with Gasteiger partial charge < -0.3 is 15.1 Å². The molecule has 2 aliphatic rings. The summed E-state index contributed by atoms with van der Waals surface area (Å²) in [5.74, 6) is -0.866. The van der Waals surface area contributed by atoms with Crippen LogP contribution in [0, 0.1) is 5.82 Å². The van der Waals surface area contributed by atoms with Crippen molar-refractivity contribution in [3.63, 3.8) is 0 Å². The first kappa shape index (κ1) is 28.3. The molecule has 0 atom stereocenters. The molecular formula is C33H30ClFN4O2S. The lowest BCUT2D eigenvalue weighted by atomic mass is 10.1. The predicted molar refractivity (Wildman–Crippen MR) is 166 cm³/mol. The van der Waals surface area contributed by atoms with Crippen molar-refractivity contribution in [2.75, 3.05) is 49.1 Å². The van der Waals surface area contributed by atoms with E-state index in [1.165, 1.54) is 35.6 Å². The van der Waals surface area contributed by atoms with E-state index in [4.69, 9.17) is 11.6 Å². The van der Waals surface area contributed by atoms with Crippen LogP contribution in [0.3, 0.4) is 0 Å². The number of carbonyl (C=O) groups is 2. The van der Waals surface area contributed by atoms with Crippen molar-refractivity contribution in [2.24, 2.45) is 0 Å². The Hall–Kier alpha value is -3.85. The molecular weight excluding hydrogens is 571 g/mol. The number of para-hydroxylation sites is 1. The monoisotopic (exact) mass is 600 g/mol. The second-order valence-electron chi connectivity index (χ2n) is 10.3. The van der Waals surface area contributed by atoms with E-state index < -0.39 is 5.82 Å². The molecule has 42 heavy (non-hydrogen) atoms. The van der Waals surface area contributed by atoms with Crippen LogP contribution in [0.4, 0.5) is 15.8 Å². The molecule has 6 nitrogen and oxygen atoms in total. The van der Waals surface area contributed by atoms with Crippen LogP contribution in [0.25, 0.3) is 0 Å². The summed E-state index contributed by atoms with van der Waals surface area (Å²) in [7, 11) is 0. The lowest BCUT2D eigenvalue weighted by Gasteiger charge is -2.36. The molecule has 9 heteroatoms. The summed E-state index contributed by atoms with van der Waals surface area (Å²) >= 11 is 7.87. The molecule has 1 N–H and O–H groups in total. The molecule has 0 spiro atoms. The number of fused-ring (bicyclic) bond motifs is 2. The second-order valence-corrected chi connectivity index (χ2v) is 11.8. The van der Waals surface area contributed by atoms with E-state index in [1.807, 2.05) is 30.3 Å². The molecule has 4 aromatic carbocycles. The van der Waals surface area contributed by atoms with Gasteiger partial charge in [-0.2, -0.15) is 0 Å². The summed E-state index contributed by atoms with van der Waals surface area (Å²) < 4.78 is 14.1. The van der Waals surface area contributed by atoms with E-state index in [9.17, 15) is 14.0 Å². The molecule has 2 amide bonds. The van der Waals surface area contributed by atoms with Crippen LogP contribution < -0.4 is 15.1 Å². The number of rotatable bonds is 7. The van der Waals surface area contributed by atoms with Crippen LogP contribution >= 0.6 is 23.4 Å². The zero-order valence-electron chi connectivity index (χ0n) is 22.9. The molecule has 0 radical (unpaired) electrons. The van der Waals surface area contributed by atoms with Crippen molar-refractivity contribution >= 4 is 46.6 Å². The van der Waals surface area contributed by atoms with Gasteiger partial charge in [-0.15, -0.1) is 0 Å². The van der Waals surface area contributed by atoms with E-state index in [-0.39, 0.29) is 18.4 Å². The Bertz CT molecular complexity index is 1610. The van der Waals surface area contributed by atoms with E-state index in [1.54, 1.807) is 23.1 Å². The molecule has 0 saturated carbocycles. The zero-order valence-corrected chi connectivity index (χ0v) is 24.5. The van der Waals surface area contributed by atoms with Gasteiger partial charge in [0.05, 0.1) is 17.8 Å². The van der Waals surface area contributed by atoms with E-state index >= 15 is 0 Å². The highest BCUT2D eigenvalue weighted by atomic mass is 35.5. The van der Waals surface area contributed by atoms with Crippen molar-refractivity contribution < 1.29 is 14.0 Å². The number of halogens is 2. The van der Waals surface area contributed by atoms with E-state index in [2.05, 4.69) is 39.4 Å². The molecule has 4 aromatic rings. The van der Waals surface area contributed by atoms with Gasteiger partial charge in [0.15, 0.2) is 0 Å². The minimum Gasteiger partial charge on any atom is -0.369 e. The van der Waals surface area contributed by atoms with Gasteiger partial charge in [0, 0.05) is 65.3 Å². The van der Waals surface area contributed by atoms with Crippen molar-refractivity contribution in [3.8, 4) is 0 Å². The third-order valence-electron chi connectivity index (χ3n) is 7.64. The van der Waals surface area contributed by atoms with Gasteiger partial charge in [0.1, 0.15) is 5.82 Å². The zero-order chi connectivity index (χ0) is 29.1. The number of amides is 2. The lowest BCUT2D eigenvalue weighted by molar-refractivity contribution is 0.0944. The number of benzene rings is 4. The van der Waals surface area contributed by atoms with Crippen LogP contribution in [0.5, 0.6) is 0 Å². The quantitative estimate of drug-likeness (QED) is 0.268. The average Bonchev–Trinajstić information content (AvgIpc) is 3.13. The number of carbonyl (C=O) groups excluding carboxylic acids is 2. The number of piperazine rings is 1. The normalized spacial score (nSPS) is 15.1. The molecule has 0 aromatic heterocycles. The van der Waals surface area contributed by atoms with Gasteiger partial charge in [-0.25, -0.2) is 4.39 Å². The van der Waals surface area contributed by atoms with Crippen molar-refractivity contribution in [1.82, 2.24) is 10.2 Å². The number of anilines is 2. The minimum atomic E-state index is -0.429. The maximum atomic E-state index is 14.1. The predicted octanol–water partition coefficient (Wildman–Crippen LogP) is 6.34. The highest BCUT2D eigenvalue weighted by Crippen LogP contribution is 2.42. The minimum absolute atomic E-state index is 0.0668. The molecule has 0 aliphatic carbocycles. The summed E-state index contributed by atoms with van der Waals surface area (Å²) in [6.45, 7) is 5.10. The average molecular weight is 601 g/mol. The highest BCUT2D eigenvalue weighted by molar-refractivity contribution is 7.99. The molecule has 2 aliphatic heterocycles. The highest BCUT2D eigenvalue weighted by Gasteiger charge is 2.29. The molecule has 6 rings (SSSR count). The summed E-state index contributed by atoms with van der Waals surface area (Å²) in [6, 6.07) is 27.3. The van der Waals surface area contributed by atoms with Gasteiger partial charge in [0.25, 0.3) is 11.8 Å². The topological polar surface area (TPSA) is 55.9 Å². The first-order chi connectivity index (χ1) is 20.5. The Balaban J connectivity index is 1.16. The van der Waals surface area contributed by atoms with E-state index in [0.29, 0.717) is 33.9 Å². The first-order valence-electron chi connectivity index (χ1n) is 13.9. The van der Waals surface area contributed by atoms with Gasteiger partial charge in [0.2, 0.25) is 0 Å². The fourth-order valence-corrected chi connectivity index (χ4v) is 6.59. The number of hydrogen-bond donors (Lipinski definition) is 1. The molecule has 1 saturated heterocycles. The number of hydrogen-bond acceptors (Lipinski definition) is 5. The molecule has 1 fully saturated rings. The fourth-order valence-electron chi connectivity index (χ4n) is 5.35. The van der Waals surface area contributed by atoms with Crippen LogP contribution in [0.1, 0.15) is 26.3 Å². The molecule has 214 valence electrons. The SMILES string of the molecule is O=C(NCCN1CCN(c2ccccc2)CC1)c1ccc2c(c1)N(Cc1cc(F)ccc1Cl)C(=O)c1ccccc1S2. The van der Waals surface area contributed by atoms with Crippen LogP contribution in [-0.4, -0.2) is 56.0 Å². The van der Waals surface area contributed by atoms with Crippen molar-refractivity contribution in [2.45, 2.75) is 16.3 Å². The lowest BCUT2D eigenvalue weighted by Crippen LogP contribution is -2.48. The Morgan fingerprint density at radius 1 is 0.881 bits per heavy atom. The van der Waals surface area contributed by atoms with Gasteiger partial charge in [-0.3, -0.25) is 14.5 Å². The standard InChI is InChI=1S/C33H30ClFN4O2S/c34-28-12-11-25(35)20-24(28)22-39-29-21-23(10-13-31(29)42-30-9-5-4-8-27(30)33(39)41)32(40)36-14-15-37-16-18-38(19-17-37)26-6-2-1-3-7-26/h1-13,20-21H,14-19,22H2,(H,36,40). The third kappa shape index (κ3) is 6.16. The summed E-state index contributed by atoms with van der Waals surface area (Å²) in [6.07, 6.45) is 0. The second kappa shape index (κ2) is 12.6. The molecule has 2 heterocycles.